The summed E-state index contributed by atoms with van der Waals surface area (Å²) in [4.78, 5) is 23.8. The monoisotopic (exact) mass is 463 g/mol. The van der Waals surface area contributed by atoms with Gasteiger partial charge >= 0.3 is 0 Å². The highest BCUT2D eigenvalue weighted by atomic mass is 19.1. The van der Waals surface area contributed by atoms with Crippen molar-refractivity contribution in [3.63, 3.8) is 0 Å². The molecule has 0 aliphatic rings. The van der Waals surface area contributed by atoms with E-state index in [1.54, 1.807) is 43.5 Å². The predicted octanol–water partition coefficient (Wildman–Crippen LogP) is 4.30. The molecule has 9 heteroatoms. The van der Waals surface area contributed by atoms with Crippen molar-refractivity contribution in [1.29, 1.82) is 0 Å². The number of carbonyl (C=O) groups excluding carboxylic acids is 1. The molecule has 0 aliphatic carbocycles. The Kier molecular flexibility index (Phi) is 7.12. The van der Waals surface area contributed by atoms with Gasteiger partial charge in [0.05, 0.1) is 5.69 Å². The Morgan fingerprint density at radius 1 is 1.12 bits per heavy atom. The minimum Gasteiger partial charge on any atom is -0.444 e. The summed E-state index contributed by atoms with van der Waals surface area (Å²) in [5.41, 5.74) is 2.63. The van der Waals surface area contributed by atoms with Gasteiger partial charge in [0.2, 0.25) is 17.6 Å². The summed E-state index contributed by atoms with van der Waals surface area (Å²) in [6.07, 6.45) is 2.37. The lowest BCUT2D eigenvalue weighted by Gasteiger charge is -2.18. The lowest BCUT2D eigenvalue weighted by atomic mass is 10.0. The smallest absolute Gasteiger partial charge is 0.251 e. The molecular formula is C25H26FN5O3. The maximum absolute atomic E-state index is 13.2. The maximum atomic E-state index is 13.2. The number of nitrogens with one attached hydrogen (secondary N) is 1. The molecule has 0 spiro atoms. The first-order chi connectivity index (χ1) is 16.4. The SMILES string of the molecule is Cc1nc(-c2cccc(C(=O)NCC(CCN(C)C)c3coc(-c4ccc(F)cc4)n3)c2)no1. The van der Waals surface area contributed by atoms with Gasteiger partial charge < -0.3 is 19.2 Å². The minimum absolute atomic E-state index is 0.0627. The molecule has 1 N–H and O–H groups in total. The van der Waals surface area contributed by atoms with Gasteiger partial charge in [-0.15, -0.1) is 0 Å². The number of nitrogens with zero attached hydrogens (tertiary/aromatic N) is 4. The van der Waals surface area contributed by atoms with Crippen molar-refractivity contribution in [1.82, 2.24) is 25.3 Å². The highest BCUT2D eigenvalue weighted by Crippen LogP contribution is 2.25. The molecule has 0 aliphatic heterocycles. The van der Waals surface area contributed by atoms with Crippen LogP contribution < -0.4 is 5.32 Å². The van der Waals surface area contributed by atoms with Crippen LogP contribution in [-0.2, 0) is 0 Å². The third-order valence-corrected chi connectivity index (χ3v) is 5.38. The largest absolute Gasteiger partial charge is 0.444 e. The van der Waals surface area contributed by atoms with Gasteiger partial charge in [0.15, 0.2) is 0 Å². The van der Waals surface area contributed by atoms with E-state index in [0.29, 0.717) is 40.8 Å². The molecule has 4 rings (SSSR count). The van der Waals surface area contributed by atoms with Crippen molar-refractivity contribution in [2.24, 2.45) is 0 Å². The Labute approximate surface area is 196 Å². The van der Waals surface area contributed by atoms with E-state index in [0.717, 1.165) is 18.7 Å². The average Bonchev–Trinajstić information content (AvgIpc) is 3.49. The molecule has 2 aromatic carbocycles. The Bertz CT molecular complexity index is 1250. The number of carbonyl (C=O) groups is 1. The summed E-state index contributed by atoms with van der Waals surface area (Å²) in [5.74, 6) is 0.722. The molecule has 34 heavy (non-hydrogen) atoms. The highest BCUT2D eigenvalue weighted by Gasteiger charge is 2.19. The van der Waals surface area contributed by atoms with E-state index in [1.807, 2.05) is 20.2 Å². The van der Waals surface area contributed by atoms with Gasteiger partial charge in [-0.25, -0.2) is 9.37 Å². The molecule has 2 aromatic heterocycles. The first-order valence-electron chi connectivity index (χ1n) is 10.9. The molecule has 0 bridgehead atoms. The van der Waals surface area contributed by atoms with Gasteiger partial charge in [0.1, 0.15) is 12.1 Å². The van der Waals surface area contributed by atoms with Gasteiger partial charge in [0, 0.05) is 36.1 Å². The Morgan fingerprint density at radius 3 is 2.62 bits per heavy atom. The highest BCUT2D eigenvalue weighted by molar-refractivity contribution is 5.95. The fraction of sp³-hybridized carbons (Fsp3) is 0.280. The molecular weight excluding hydrogens is 437 g/mol. The third kappa shape index (κ3) is 5.74. The average molecular weight is 464 g/mol. The topological polar surface area (TPSA) is 97.3 Å². The van der Waals surface area contributed by atoms with Crippen LogP contribution in [0, 0.1) is 12.7 Å². The fourth-order valence-electron chi connectivity index (χ4n) is 3.50. The summed E-state index contributed by atoms with van der Waals surface area (Å²) in [6.45, 7) is 2.91. The van der Waals surface area contributed by atoms with Gasteiger partial charge in [-0.3, -0.25) is 4.79 Å². The van der Waals surface area contributed by atoms with Crippen LogP contribution >= 0.6 is 0 Å². The number of aryl methyl sites for hydroxylation is 1. The standard InChI is InChI=1S/C25H26FN5O3/c1-16-28-23(30-34-16)18-5-4-6-19(13-18)24(32)27-14-20(11-12-31(2)3)22-15-33-25(29-22)17-7-9-21(26)10-8-17/h4-10,13,15,20H,11-12,14H2,1-3H3,(H,27,32). The van der Waals surface area contributed by atoms with Crippen LogP contribution in [-0.4, -0.2) is 53.1 Å². The van der Waals surface area contributed by atoms with Crippen molar-refractivity contribution in [2.75, 3.05) is 27.2 Å². The summed E-state index contributed by atoms with van der Waals surface area (Å²) in [7, 11) is 3.99. The first-order valence-corrected chi connectivity index (χ1v) is 10.9. The number of amides is 1. The molecule has 2 heterocycles. The Balaban J connectivity index is 1.47. The van der Waals surface area contributed by atoms with E-state index >= 15 is 0 Å². The van der Waals surface area contributed by atoms with Gasteiger partial charge in [-0.2, -0.15) is 4.98 Å². The van der Waals surface area contributed by atoms with Crippen LogP contribution in [0.2, 0.25) is 0 Å². The third-order valence-electron chi connectivity index (χ3n) is 5.38. The van der Waals surface area contributed by atoms with Crippen LogP contribution in [0.5, 0.6) is 0 Å². The Morgan fingerprint density at radius 2 is 1.91 bits per heavy atom. The van der Waals surface area contributed by atoms with Crippen molar-refractivity contribution >= 4 is 5.91 Å². The number of aromatic nitrogens is 3. The molecule has 1 atom stereocenters. The van der Waals surface area contributed by atoms with Crippen LogP contribution in [0.15, 0.2) is 63.7 Å². The quantitative estimate of drug-likeness (QED) is 0.395. The lowest BCUT2D eigenvalue weighted by Crippen LogP contribution is -2.30. The molecule has 0 fully saturated rings. The minimum atomic E-state index is -0.319. The van der Waals surface area contributed by atoms with E-state index in [9.17, 15) is 9.18 Å². The van der Waals surface area contributed by atoms with Crippen LogP contribution in [0.25, 0.3) is 22.8 Å². The van der Waals surface area contributed by atoms with Crippen molar-refractivity contribution < 1.29 is 18.1 Å². The zero-order valence-corrected chi connectivity index (χ0v) is 19.3. The zero-order valence-electron chi connectivity index (χ0n) is 19.3. The lowest BCUT2D eigenvalue weighted by molar-refractivity contribution is 0.0950. The number of halogens is 1. The molecule has 8 nitrogen and oxygen atoms in total. The van der Waals surface area contributed by atoms with Crippen LogP contribution in [0.4, 0.5) is 4.39 Å². The van der Waals surface area contributed by atoms with Crippen molar-refractivity contribution in [3.05, 3.63) is 77.8 Å². The second-order valence-electron chi connectivity index (χ2n) is 8.30. The van der Waals surface area contributed by atoms with Crippen molar-refractivity contribution in [3.8, 4) is 22.8 Å². The molecule has 176 valence electrons. The number of hydrogen-bond acceptors (Lipinski definition) is 7. The van der Waals surface area contributed by atoms with E-state index < -0.39 is 0 Å². The van der Waals surface area contributed by atoms with E-state index in [2.05, 4.69) is 25.3 Å². The second-order valence-corrected chi connectivity index (χ2v) is 8.30. The summed E-state index contributed by atoms with van der Waals surface area (Å²) in [6, 6.07) is 13.1. The molecule has 4 aromatic rings. The fourth-order valence-corrected chi connectivity index (χ4v) is 3.50. The first kappa shape index (κ1) is 23.3. The summed E-state index contributed by atoms with van der Waals surface area (Å²) < 4.78 is 23.9. The Hall–Kier alpha value is -3.85. The van der Waals surface area contributed by atoms with Crippen LogP contribution in [0.3, 0.4) is 0 Å². The molecule has 1 amide bonds. The number of oxazole rings is 1. The molecule has 0 saturated heterocycles. The summed E-state index contributed by atoms with van der Waals surface area (Å²) >= 11 is 0. The second kappa shape index (κ2) is 10.4. The van der Waals surface area contributed by atoms with Gasteiger partial charge in [0.25, 0.3) is 5.91 Å². The van der Waals surface area contributed by atoms with E-state index in [4.69, 9.17) is 8.94 Å². The molecule has 0 saturated carbocycles. The van der Waals surface area contributed by atoms with Gasteiger partial charge in [-0.05, 0) is 63.5 Å². The number of rotatable bonds is 9. The van der Waals surface area contributed by atoms with Gasteiger partial charge in [-0.1, -0.05) is 17.3 Å². The normalized spacial score (nSPS) is 12.1. The summed E-state index contributed by atoms with van der Waals surface area (Å²) in [5, 5.41) is 6.92. The zero-order chi connectivity index (χ0) is 24.1. The van der Waals surface area contributed by atoms with Crippen molar-refractivity contribution in [2.45, 2.75) is 19.3 Å². The van der Waals surface area contributed by atoms with E-state index in [-0.39, 0.29) is 17.6 Å². The number of benzene rings is 2. The maximum Gasteiger partial charge on any atom is 0.251 e. The number of hydrogen-bond donors (Lipinski definition) is 1. The molecule has 0 radical (unpaired) electrons. The predicted molar refractivity (Wildman–Crippen MR) is 125 cm³/mol. The molecule has 1 unspecified atom stereocenters. The van der Waals surface area contributed by atoms with Crippen LogP contribution in [0.1, 0.15) is 34.3 Å². The van der Waals surface area contributed by atoms with E-state index in [1.165, 1.54) is 12.1 Å².